The molecule has 0 aromatic carbocycles. The molecule has 0 spiro atoms. The van der Waals surface area contributed by atoms with Crippen molar-refractivity contribution in [1.82, 2.24) is 20.3 Å². The number of aromatic nitrogens is 3. The molecule has 3 rings (SSSR count). The fraction of sp³-hybridized carbons (Fsp3) is 0.333. The summed E-state index contributed by atoms with van der Waals surface area (Å²) >= 11 is 0. The van der Waals surface area contributed by atoms with Gasteiger partial charge in [0.15, 0.2) is 5.82 Å². The van der Waals surface area contributed by atoms with Crippen molar-refractivity contribution in [2.45, 2.75) is 18.9 Å². The summed E-state index contributed by atoms with van der Waals surface area (Å²) < 4.78 is 5.46. The van der Waals surface area contributed by atoms with Gasteiger partial charge in [-0.15, -0.1) is 0 Å². The number of carbonyl (C=O) groups is 1. The summed E-state index contributed by atoms with van der Waals surface area (Å²) in [5, 5.41) is 2.81. The highest BCUT2D eigenvalue weighted by atomic mass is 16.5. The number of hydrogen-bond donors (Lipinski definition) is 2. The van der Waals surface area contributed by atoms with Gasteiger partial charge < -0.3 is 15.8 Å². The number of ether oxygens (including phenoxy) is 1. The maximum absolute atomic E-state index is 12.1. The van der Waals surface area contributed by atoms with Crippen LogP contribution in [0.25, 0.3) is 11.4 Å². The van der Waals surface area contributed by atoms with Crippen molar-refractivity contribution >= 4 is 11.7 Å². The van der Waals surface area contributed by atoms with E-state index in [-0.39, 0.29) is 23.4 Å². The zero-order valence-electron chi connectivity index (χ0n) is 12.0. The van der Waals surface area contributed by atoms with Crippen molar-refractivity contribution in [1.29, 1.82) is 0 Å². The Kier molecular flexibility index (Phi) is 4.24. The van der Waals surface area contributed by atoms with Gasteiger partial charge >= 0.3 is 0 Å². The molecule has 7 nitrogen and oxygen atoms in total. The second kappa shape index (κ2) is 6.48. The Labute approximate surface area is 127 Å². The summed E-state index contributed by atoms with van der Waals surface area (Å²) in [5.74, 6) is 0.344. The van der Waals surface area contributed by atoms with Crippen LogP contribution in [-0.2, 0) is 4.74 Å². The Hall–Kier alpha value is -2.54. The molecule has 0 aliphatic carbocycles. The molecule has 2 aromatic heterocycles. The van der Waals surface area contributed by atoms with Crippen LogP contribution in [0.1, 0.15) is 23.2 Å². The maximum atomic E-state index is 12.1. The van der Waals surface area contributed by atoms with Crippen molar-refractivity contribution in [3.63, 3.8) is 0 Å². The third kappa shape index (κ3) is 3.20. The van der Waals surface area contributed by atoms with Crippen LogP contribution in [0.3, 0.4) is 0 Å². The summed E-state index contributed by atoms with van der Waals surface area (Å²) in [6.07, 6.45) is 6.83. The van der Waals surface area contributed by atoms with Gasteiger partial charge in [-0.25, -0.2) is 9.97 Å². The molecule has 1 unspecified atom stereocenters. The lowest BCUT2D eigenvalue weighted by Gasteiger charge is -2.11. The molecule has 0 saturated carbocycles. The molecule has 22 heavy (non-hydrogen) atoms. The van der Waals surface area contributed by atoms with Gasteiger partial charge in [0.05, 0.1) is 11.7 Å². The molecule has 1 aliphatic rings. The number of pyridine rings is 1. The first-order valence-corrected chi connectivity index (χ1v) is 7.17. The molecule has 1 aliphatic heterocycles. The molecule has 3 heterocycles. The average molecular weight is 299 g/mol. The normalized spacial score (nSPS) is 17.4. The van der Waals surface area contributed by atoms with E-state index in [9.17, 15) is 4.79 Å². The number of nitrogen functional groups attached to an aromatic ring is 1. The van der Waals surface area contributed by atoms with E-state index in [0.717, 1.165) is 25.0 Å². The highest BCUT2D eigenvalue weighted by Crippen LogP contribution is 2.17. The first-order valence-electron chi connectivity index (χ1n) is 7.17. The number of nitrogens with zero attached hydrogens (tertiary/aromatic N) is 3. The fourth-order valence-corrected chi connectivity index (χ4v) is 2.32. The van der Waals surface area contributed by atoms with E-state index in [2.05, 4.69) is 20.3 Å². The van der Waals surface area contributed by atoms with Gasteiger partial charge in [0.2, 0.25) is 0 Å². The number of carbonyl (C=O) groups excluding carboxylic acids is 1. The molecule has 7 heteroatoms. The molecule has 1 amide bonds. The summed E-state index contributed by atoms with van der Waals surface area (Å²) in [6, 6.07) is 3.57. The zero-order valence-corrected chi connectivity index (χ0v) is 12.0. The number of hydrogen-bond acceptors (Lipinski definition) is 6. The first kappa shape index (κ1) is 14.4. The molecule has 0 bridgehead atoms. The van der Waals surface area contributed by atoms with Crippen molar-refractivity contribution in [2.24, 2.45) is 0 Å². The Morgan fingerprint density at radius 2 is 2.23 bits per heavy atom. The summed E-state index contributed by atoms with van der Waals surface area (Å²) in [5.41, 5.74) is 6.96. The zero-order chi connectivity index (χ0) is 15.4. The van der Waals surface area contributed by atoms with E-state index >= 15 is 0 Å². The van der Waals surface area contributed by atoms with E-state index < -0.39 is 0 Å². The fourth-order valence-electron chi connectivity index (χ4n) is 2.32. The average Bonchev–Trinajstić information content (AvgIpc) is 3.07. The van der Waals surface area contributed by atoms with Gasteiger partial charge in [-0.3, -0.25) is 9.78 Å². The molecule has 1 saturated heterocycles. The van der Waals surface area contributed by atoms with Crippen LogP contribution in [0, 0.1) is 0 Å². The van der Waals surface area contributed by atoms with Gasteiger partial charge in [-0.1, -0.05) is 0 Å². The van der Waals surface area contributed by atoms with E-state index in [1.165, 1.54) is 6.20 Å². The lowest BCUT2D eigenvalue weighted by molar-refractivity contribution is 0.0858. The minimum Gasteiger partial charge on any atom is -0.383 e. The van der Waals surface area contributed by atoms with Gasteiger partial charge in [-0.2, -0.15) is 0 Å². The lowest BCUT2D eigenvalue weighted by Crippen LogP contribution is -2.32. The Bertz CT molecular complexity index is 656. The van der Waals surface area contributed by atoms with Crippen LogP contribution in [-0.4, -0.2) is 40.1 Å². The molecule has 3 N–H and O–H groups in total. The minimum atomic E-state index is -0.283. The predicted octanol–water partition coefficient (Wildman–Crippen LogP) is 1.03. The molecule has 114 valence electrons. The number of rotatable bonds is 4. The standard InChI is InChI=1S/C15H17N5O2/c16-13-12(15(21)19-8-11-2-1-7-22-11)9-18-14(20-13)10-3-5-17-6-4-10/h3-6,9,11H,1-2,7-8H2,(H,19,21)(H2,16,18,20). The monoisotopic (exact) mass is 299 g/mol. The molecule has 2 aromatic rings. The largest absolute Gasteiger partial charge is 0.383 e. The lowest BCUT2D eigenvalue weighted by atomic mass is 10.2. The highest BCUT2D eigenvalue weighted by Gasteiger charge is 2.18. The number of anilines is 1. The Morgan fingerprint density at radius 3 is 2.91 bits per heavy atom. The van der Waals surface area contributed by atoms with Gasteiger partial charge in [0.1, 0.15) is 5.82 Å². The van der Waals surface area contributed by atoms with E-state index in [0.29, 0.717) is 12.4 Å². The number of nitrogens with one attached hydrogen (secondary N) is 1. The highest BCUT2D eigenvalue weighted by molar-refractivity contribution is 5.98. The van der Waals surface area contributed by atoms with Crippen LogP contribution in [0.2, 0.25) is 0 Å². The first-order chi connectivity index (χ1) is 10.7. The van der Waals surface area contributed by atoms with Crippen LogP contribution in [0.5, 0.6) is 0 Å². The van der Waals surface area contributed by atoms with Crippen LogP contribution in [0.15, 0.2) is 30.7 Å². The number of amides is 1. The van der Waals surface area contributed by atoms with E-state index in [1.807, 2.05) is 0 Å². The second-order valence-corrected chi connectivity index (χ2v) is 5.07. The van der Waals surface area contributed by atoms with Crippen molar-refractivity contribution < 1.29 is 9.53 Å². The SMILES string of the molecule is Nc1nc(-c2ccncc2)ncc1C(=O)NCC1CCCO1. The molecule has 1 fully saturated rings. The molecule has 0 radical (unpaired) electrons. The van der Waals surface area contributed by atoms with Crippen LogP contribution >= 0.6 is 0 Å². The summed E-state index contributed by atoms with van der Waals surface area (Å²) in [7, 11) is 0. The second-order valence-electron chi connectivity index (χ2n) is 5.07. The molecule has 1 atom stereocenters. The summed E-state index contributed by atoms with van der Waals surface area (Å²) in [6.45, 7) is 1.23. The minimum absolute atomic E-state index is 0.0854. The van der Waals surface area contributed by atoms with E-state index in [1.54, 1.807) is 24.5 Å². The van der Waals surface area contributed by atoms with Gasteiger partial charge in [0, 0.05) is 37.3 Å². The number of nitrogens with two attached hydrogens (primary N) is 1. The third-order valence-electron chi connectivity index (χ3n) is 3.52. The van der Waals surface area contributed by atoms with Crippen LogP contribution < -0.4 is 11.1 Å². The van der Waals surface area contributed by atoms with Crippen molar-refractivity contribution in [3.8, 4) is 11.4 Å². The topological polar surface area (TPSA) is 103 Å². The van der Waals surface area contributed by atoms with Crippen LogP contribution in [0.4, 0.5) is 5.82 Å². The Morgan fingerprint density at radius 1 is 1.41 bits per heavy atom. The quantitative estimate of drug-likeness (QED) is 0.874. The molecular formula is C15H17N5O2. The summed E-state index contributed by atoms with van der Waals surface area (Å²) in [4.78, 5) is 24.5. The molecular weight excluding hydrogens is 282 g/mol. The van der Waals surface area contributed by atoms with Gasteiger partial charge in [0.25, 0.3) is 5.91 Å². The van der Waals surface area contributed by atoms with E-state index in [4.69, 9.17) is 10.5 Å². The van der Waals surface area contributed by atoms with Gasteiger partial charge in [-0.05, 0) is 25.0 Å². The smallest absolute Gasteiger partial charge is 0.256 e. The van der Waals surface area contributed by atoms with Crippen molar-refractivity contribution in [3.05, 3.63) is 36.3 Å². The maximum Gasteiger partial charge on any atom is 0.256 e. The van der Waals surface area contributed by atoms with Crippen molar-refractivity contribution in [2.75, 3.05) is 18.9 Å². The third-order valence-corrected chi connectivity index (χ3v) is 3.52. The predicted molar refractivity (Wildman–Crippen MR) is 81.0 cm³/mol. The Balaban J connectivity index is 1.70.